The van der Waals surface area contributed by atoms with E-state index in [-0.39, 0.29) is 35.3 Å². The Morgan fingerprint density at radius 1 is 1.23 bits per heavy atom. The van der Waals surface area contributed by atoms with Gasteiger partial charge in [-0.25, -0.2) is 8.42 Å². The zero-order chi connectivity index (χ0) is 18.7. The van der Waals surface area contributed by atoms with Gasteiger partial charge >= 0.3 is 0 Å². The van der Waals surface area contributed by atoms with E-state index in [2.05, 4.69) is 0 Å². The third kappa shape index (κ3) is 4.20. The Bertz CT molecular complexity index is 732. The molecule has 1 saturated carbocycles. The number of hydrogen-bond acceptors (Lipinski definition) is 5. The van der Waals surface area contributed by atoms with Crippen molar-refractivity contribution >= 4 is 15.7 Å². The molecule has 2 N–H and O–H groups in total. The van der Waals surface area contributed by atoms with Crippen LogP contribution in [0.1, 0.15) is 31.2 Å². The molecule has 2 aliphatic rings. The van der Waals surface area contributed by atoms with E-state index >= 15 is 0 Å². The van der Waals surface area contributed by atoms with Crippen molar-refractivity contribution in [2.24, 2.45) is 17.6 Å². The molecule has 1 aromatic rings. The number of rotatable bonds is 6. The van der Waals surface area contributed by atoms with Crippen molar-refractivity contribution in [2.75, 3.05) is 25.2 Å². The van der Waals surface area contributed by atoms with Gasteiger partial charge in [0.05, 0.1) is 18.6 Å². The summed E-state index contributed by atoms with van der Waals surface area (Å²) in [5.74, 6) is 1.18. The molecule has 7 heteroatoms. The zero-order valence-corrected chi connectivity index (χ0v) is 16.1. The van der Waals surface area contributed by atoms with Crippen LogP contribution in [0.15, 0.2) is 24.3 Å². The monoisotopic (exact) mass is 380 g/mol. The minimum atomic E-state index is -3.06. The van der Waals surface area contributed by atoms with E-state index in [4.69, 9.17) is 10.5 Å². The molecule has 3 rings (SSSR count). The fourth-order valence-electron chi connectivity index (χ4n) is 4.19. The number of amides is 1. The standard InChI is InChI=1S/C19H28N2O4S/c1-25-17-7-5-14(6-8-17)12-21(16-9-10-26(23,24)13-16)19(22)18-4-2-3-15(18)11-20/h5-8,15-16,18H,2-4,9-13,20H2,1H3/t15-,16?,18-/m1/s1. The molecule has 0 aromatic heterocycles. The largest absolute Gasteiger partial charge is 0.497 e. The fourth-order valence-corrected chi connectivity index (χ4v) is 5.92. The van der Waals surface area contributed by atoms with E-state index in [1.165, 1.54) is 0 Å². The molecule has 1 heterocycles. The first kappa shape index (κ1) is 19.2. The maximum atomic E-state index is 13.3. The van der Waals surface area contributed by atoms with E-state index in [0.29, 0.717) is 19.5 Å². The molecule has 26 heavy (non-hydrogen) atoms. The summed E-state index contributed by atoms with van der Waals surface area (Å²) in [7, 11) is -1.45. The average molecular weight is 381 g/mol. The molecule has 3 atom stereocenters. The van der Waals surface area contributed by atoms with Gasteiger partial charge in [0.15, 0.2) is 9.84 Å². The van der Waals surface area contributed by atoms with Crippen LogP contribution in [0.2, 0.25) is 0 Å². The number of carbonyl (C=O) groups is 1. The maximum Gasteiger partial charge on any atom is 0.226 e. The first-order valence-corrected chi connectivity index (χ1v) is 11.1. The molecule has 0 bridgehead atoms. The van der Waals surface area contributed by atoms with Gasteiger partial charge in [-0.05, 0) is 49.4 Å². The Kier molecular flexibility index (Phi) is 5.87. The highest BCUT2D eigenvalue weighted by molar-refractivity contribution is 7.91. The Hall–Kier alpha value is -1.60. The second-order valence-electron chi connectivity index (χ2n) is 7.40. The van der Waals surface area contributed by atoms with Gasteiger partial charge in [0.25, 0.3) is 0 Å². The van der Waals surface area contributed by atoms with Crippen molar-refractivity contribution in [1.82, 2.24) is 4.90 Å². The Morgan fingerprint density at radius 3 is 2.54 bits per heavy atom. The summed E-state index contributed by atoms with van der Waals surface area (Å²) in [6.45, 7) is 0.937. The number of sulfone groups is 1. The van der Waals surface area contributed by atoms with E-state index in [1.807, 2.05) is 24.3 Å². The van der Waals surface area contributed by atoms with Crippen LogP contribution in [0.25, 0.3) is 0 Å². The minimum Gasteiger partial charge on any atom is -0.497 e. The molecular weight excluding hydrogens is 352 g/mol. The summed E-state index contributed by atoms with van der Waals surface area (Å²) in [5.41, 5.74) is 6.84. The first-order valence-electron chi connectivity index (χ1n) is 9.27. The predicted molar refractivity (Wildman–Crippen MR) is 100 cm³/mol. The van der Waals surface area contributed by atoms with E-state index in [1.54, 1.807) is 12.0 Å². The maximum absolute atomic E-state index is 13.3. The van der Waals surface area contributed by atoms with Crippen molar-refractivity contribution in [3.05, 3.63) is 29.8 Å². The van der Waals surface area contributed by atoms with Crippen LogP contribution in [0.4, 0.5) is 0 Å². The van der Waals surface area contributed by atoms with Gasteiger partial charge in [-0.15, -0.1) is 0 Å². The number of methoxy groups -OCH3 is 1. The van der Waals surface area contributed by atoms with Crippen molar-refractivity contribution in [3.63, 3.8) is 0 Å². The number of nitrogens with zero attached hydrogens (tertiary/aromatic N) is 1. The van der Waals surface area contributed by atoms with Crippen LogP contribution < -0.4 is 10.5 Å². The fraction of sp³-hybridized carbons (Fsp3) is 0.632. The molecule has 2 fully saturated rings. The minimum absolute atomic E-state index is 0.0644. The van der Waals surface area contributed by atoms with E-state index in [0.717, 1.165) is 30.6 Å². The normalized spacial score (nSPS) is 27.4. The molecule has 1 aliphatic heterocycles. The number of ether oxygens (including phenoxy) is 1. The molecule has 6 nitrogen and oxygen atoms in total. The SMILES string of the molecule is COc1ccc(CN(C(=O)[C@@H]2CCC[C@@H]2CN)C2CCS(=O)(=O)C2)cc1. The van der Waals surface area contributed by atoms with Crippen LogP contribution in [0, 0.1) is 11.8 Å². The summed E-state index contributed by atoms with van der Waals surface area (Å²) in [6.07, 6.45) is 3.35. The number of carbonyl (C=O) groups excluding carboxylic acids is 1. The van der Waals surface area contributed by atoms with Gasteiger partial charge in [0, 0.05) is 18.5 Å². The first-order chi connectivity index (χ1) is 12.4. The van der Waals surface area contributed by atoms with Crippen LogP contribution in [0.5, 0.6) is 5.75 Å². The molecule has 1 aromatic carbocycles. The van der Waals surface area contributed by atoms with Gasteiger partial charge in [0.1, 0.15) is 5.75 Å². The van der Waals surface area contributed by atoms with Crippen molar-refractivity contribution in [3.8, 4) is 5.75 Å². The van der Waals surface area contributed by atoms with Gasteiger partial charge in [-0.2, -0.15) is 0 Å². The molecule has 144 valence electrons. The van der Waals surface area contributed by atoms with Crippen LogP contribution in [-0.4, -0.2) is 50.4 Å². The van der Waals surface area contributed by atoms with Crippen LogP contribution >= 0.6 is 0 Å². The van der Waals surface area contributed by atoms with Gasteiger partial charge in [0.2, 0.25) is 5.91 Å². The molecular formula is C19H28N2O4S. The summed E-state index contributed by atoms with van der Waals surface area (Å²) in [4.78, 5) is 15.1. The van der Waals surface area contributed by atoms with Crippen LogP contribution in [-0.2, 0) is 21.2 Å². The highest BCUT2D eigenvalue weighted by Gasteiger charge is 2.40. The summed E-state index contributed by atoms with van der Waals surface area (Å²) in [6, 6.07) is 7.34. The van der Waals surface area contributed by atoms with Crippen LogP contribution in [0.3, 0.4) is 0 Å². The smallest absolute Gasteiger partial charge is 0.226 e. The van der Waals surface area contributed by atoms with Crippen molar-refractivity contribution in [2.45, 2.75) is 38.3 Å². The van der Waals surface area contributed by atoms with Crippen molar-refractivity contribution < 1.29 is 17.9 Å². The van der Waals surface area contributed by atoms with E-state index < -0.39 is 9.84 Å². The van der Waals surface area contributed by atoms with Gasteiger partial charge in [-0.1, -0.05) is 18.6 Å². The average Bonchev–Trinajstić information content (AvgIpc) is 3.25. The zero-order valence-electron chi connectivity index (χ0n) is 15.3. The Balaban J connectivity index is 1.82. The Labute approximate surface area is 155 Å². The lowest BCUT2D eigenvalue weighted by Crippen LogP contribution is -2.45. The third-order valence-electron chi connectivity index (χ3n) is 5.72. The molecule has 0 spiro atoms. The second kappa shape index (κ2) is 7.96. The third-order valence-corrected chi connectivity index (χ3v) is 7.47. The Morgan fingerprint density at radius 2 is 1.96 bits per heavy atom. The summed E-state index contributed by atoms with van der Waals surface area (Å²) < 4.78 is 29.1. The topological polar surface area (TPSA) is 89.7 Å². The van der Waals surface area contributed by atoms with E-state index in [9.17, 15) is 13.2 Å². The second-order valence-corrected chi connectivity index (χ2v) is 9.63. The number of hydrogen-bond donors (Lipinski definition) is 1. The summed E-state index contributed by atoms with van der Waals surface area (Å²) in [5, 5.41) is 0. The highest BCUT2D eigenvalue weighted by Crippen LogP contribution is 2.34. The molecule has 1 amide bonds. The number of benzene rings is 1. The van der Waals surface area contributed by atoms with Gasteiger partial charge in [-0.3, -0.25) is 4.79 Å². The highest BCUT2D eigenvalue weighted by atomic mass is 32.2. The summed E-state index contributed by atoms with van der Waals surface area (Å²) >= 11 is 0. The quantitative estimate of drug-likeness (QED) is 0.809. The molecule has 0 radical (unpaired) electrons. The van der Waals surface area contributed by atoms with Crippen molar-refractivity contribution in [1.29, 1.82) is 0 Å². The molecule has 1 saturated heterocycles. The molecule has 1 aliphatic carbocycles. The molecule has 1 unspecified atom stereocenters. The predicted octanol–water partition coefficient (Wildman–Crippen LogP) is 1.59. The number of nitrogens with two attached hydrogens (primary N) is 1. The lowest BCUT2D eigenvalue weighted by Gasteiger charge is -2.32. The lowest BCUT2D eigenvalue weighted by molar-refractivity contribution is -0.139. The van der Waals surface area contributed by atoms with Gasteiger partial charge < -0.3 is 15.4 Å². The lowest BCUT2D eigenvalue weighted by atomic mass is 9.93.